The van der Waals surface area contributed by atoms with Gasteiger partial charge in [-0.15, -0.1) is 0 Å². The minimum absolute atomic E-state index is 0.0800. The Morgan fingerprint density at radius 3 is 3.05 bits per heavy atom. The molecule has 7 nitrogen and oxygen atoms in total. The van der Waals surface area contributed by atoms with Gasteiger partial charge in [0.1, 0.15) is 0 Å². The van der Waals surface area contributed by atoms with Gasteiger partial charge in [-0.2, -0.15) is 4.31 Å². The smallest absolute Gasteiger partial charge is 0.262 e. The van der Waals surface area contributed by atoms with Crippen molar-refractivity contribution < 1.29 is 17.9 Å². The topological polar surface area (TPSA) is 73.7 Å². The number of sulfonamides is 1. The van der Waals surface area contributed by atoms with Crippen molar-refractivity contribution in [3.05, 3.63) is 12.5 Å². The summed E-state index contributed by atoms with van der Waals surface area (Å²) in [7, 11) is -0.135. The quantitative estimate of drug-likeness (QED) is 0.810. The SMILES string of the molecule is COC[C@]12CCCO[C@@H]1CCN(S(=O)(=O)c1cn(C)cn1)C2. The number of piperidine rings is 1. The third-order valence-electron chi connectivity index (χ3n) is 4.67. The lowest BCUT2D eigenvalue weighted by atomic mass is 9.73. The predicted octanol–water partition coefficient (Wildman–Crippen LogP) is 0.626. The number of hydrogen-bond acceptors (Lipinski definition) is 5. The number of nitrogens with zero attached hydrogens (tertiary/aromatic N) is 3. The lowest BCUT2D eigenvalue weighted by Crippen LogP contribution is -2.57. The maximum Gasteiger partial charge on any atom is 0.262 e. The first-order chi connectivity index (χ1) is 10.5. The van der Waals surface area contributed by atoms with Crippen LogP contribution in [-0.4, -0.2) is 61.8 Å². The summed E-state index contributed by atoms with van der Waals surface area (Å²) in [6, 6.07) is 0. The number of rotatable bonds is 4. The molecule has 2 saturated heterocycles. The Labute approximate surface area is 131 Å². The number of ether oxygens (including phenoxy) is 2. The van der Waals surface area contributed by atoms with Gasteiger partial charge in [0, 0.05) is 45.5 Å². The molecule has 22 heavy (non-hydrogen) atoms. The Bertz CT molecular complexity index is 626. The molecule has 0 saturated carbocycles. The van der Waals surface area contributed by atoms with Gasteiger partial charge in [0.05, 0.1) is 19.0 Å². The molecule has 1 aromatic heterocycles. The zero-order valence-electron chi connectivity index (χ0n) is 13.1. The molecule has 3 heterocycles. The van der Waals surface area contributed by atoms with E-state index in [2.05, 4.69) is 4.98 Å². The second-order valence-electron chi connectivity index (χ2n) is 6.26. The van der Waals surface area contributed by atoms with Crippen LogP contribution in [0, 0.1) is 5.41 Å². The van der Waals surface area contributed by atoms with Crippen LogP contribution in [0.5, 0.6) is 0 Å². The zero-order valence-corrected chi connectivity index (χ0v) is 13.9. The Balaban J connectivity index is 1.87. The summed E-state index contributed by atoms with van der Waals surface area (Å²) in [6.07, 6.45) is 5.71. The van der Waals surface area contributed by atoms with E-state index in [1.54, 1.807) is 29.2 Å². The molecule has 2 atom stereocenters. The van der Waals surface area contributed by atoms with E-state index < -0.39 is 10.0 Å². The summed E-state index contributed by atoms with van der Waals surface area (Å²) >= 11 is 0. The summed E-state index contributed by atoms with van der Waals surface area (Å²) in [6.45, 7) is 2.18. The largest absolute Gasteiger partial charge is 0.384 e. The Morgan fingerprint density at radius 2 is 2.36 bits per heavy atom. The molecule has 2 aliphatic heterocycles. The lowest BCUT2D eigenvalue weighted by molar-refractivity contribution is -0.137. The fourth-order valence-electron chi connectivity index (χ4n) is 3.61. The number of hydrogen-bond donors (Lipinski definition) is 0. The monoisotopic (exact) mass is 329 g/mol. The first-order valence-electron chi connectivity index (χ1n) is 7.57. The molecule has 0 bridgehead atoms. The highest BCUT2D eigenvalue weighted by molar-refractivity contribution is 7.89. The average Bonchev–Trinajstić information content (AvgIpc) is 2.94. The fourth-order valence-corrected chi connectivity index (χ4v) is 5.12. The maximum atomic E-state index is 12.8. The molecule has 2 fully saturated rings. The molecule has 0 aromatic carbocycles. The molecule has 0 unspecified atom stereocenters. The Hall–Kier alpha value is -0.960. The van der Waals surface area contributed by atoms with Gasteiger partial charge in [-0.1, -0.05) is 0 Å². The molecular weight excluding hydrogens is 306 g/mol. The molecule has 1 aromatic rings. The van der Waals surface area contributed by atoms with Crippen LogP contribution in [-0.2, 0) is 26.5 Å². The number of fused-ring (bicyclic) bond motifs is 1. The van der Waals surface area contributed by atoms with Gasteiger partial charge in [0.2, 0.25) is 0 Å². The molecule has 124 valence electrons. The second-order valence-corrected chi connectivity index (χ2v) is 8.15. The minimum Gasteiger partial charge on any atom is -0.384 e. The van der Waals surface area contributed by atoms with Crippen molar-refractivity contribution in [2.75, 3.05) is 33.4 Å². The number of methoxy groups -OCH3 is 1. The lowest BCUT2D eigenvalue weighted by Gasteiger charge is -2.49. The third kappa shape index (κ3) is 2.68. The maximum absolute atomic E-state index is 12.8. The Morgan fingerprint density at radius 1 is 1.55 bits per heavy atom. The zero-order chi connectivity index (χ0) is 15.8. The normalized spacial score (nSPS) is 30.2. The van der Waals surface area contributed by atoms with Crippen molar-refractivity contribution in [3.8, 4) is 0 Å². The highest BCUT2D eigenvalue weighted by Crippen LogP contribution is 2.41. The van der Waals surface area contributed by atoms with Crippen molar-refractivity contribution in [3.63, 3.8) is 0 Å². The van der Waals surface area contributed by atoms with Crippen LogP contribution in [0.25, 0.3) is 0 Å². The van der Waals surface area contributed by atoms with Gasteiger partial charge in [0.25, 0.3) is 10.0 Å². The van der Waals surface area contributed by atoms with Gasteiger partial charge in [-0.25, -0.2) is 13.4 Å². The van der Waals surface area contributed by atoms with Crippen LogP contribution in [0.2, 0.25) is 0 Å². The van der Waals surface area contributed by atoms with Crippen LogP contribution in [0.3, 0.4) is 0 Å². The van der Waals surface area contributed by atoms with Gasteiger partial charge in [-0.05, 0) is 19.3 Å². The summed E-state index contributed by atoms with van der Waals surface area (Å²) in [5.74, 6) is 0. The van der Waals surface area contributed by atoms with E-state index in [0.29, 0.717) is 26.1 Å². The third-order valence-corrected chi connectivity index (χ3v) is 6.40. The molecular formula is C14H23N3O4S. The summed E-state index contributed by atoms with van der Waals surface area (Å²) in [5, 5.41) is 0.109. The van der Waals surface area contributed by atoms with Crippen molar-refractivity contribution >= 4 is 10.0 Å². The Kier molecular flexibility index (Phi) is 4.28. The predicted molar refractivity (Wildman–Crippen MR) is 79.9 cm³/mol. The molecule has 3 rings (SSSR count). The van der Waals surface area contributed by atoms with E-state index in [4.69, 9.17) is 9.47 Å². The molecule has 0 amide bonds. The summed E-state index contributed by atoms with van der Waals surface area (Å²) < 4.78 is 40.0. The first-order valence-corrected chi connectivity index (χ1v) is 9.01. The van der Waals surface area contributed by atoms with Crippen molar-refractivity contribution in [2.24, 2.45) is 12.5 Å². The van der Waals surface area contributed by atoms with Crippen LogP contribution < -0.4 is 0 Å². The molecule has 2 aliphatic rings. The van der Waals surface area contributed by atoms with Crippen molar-refractivity contribution in [1.29, 1.82) is 0 Å². The van der Waals surface area contributed by atoms with E-state index in [9.17, 15) is 8.42 Å². The van der Waals surface area contributed by atoms with E-state index >= 15 is 0 Å². The summed E-state index contributed by atoms with van der Waals surface area (Å²) in [4.78, 5) is 4.01. The van der Waals surface area contributed by atoms with Gasteiger partial charge < -0.3 is 14.0 Å². The number of imidazole rings is 1. The van der Waals surface area contributed by atoms with Gasteiger partial charge >= 0.3 is 0 Å². The number of aromatic nitrogens is 2. The molecule has 0 radical (unpaired) electrons. The van der Waals surface area contributed by atoms with Crippen molar-refractivity contribution in [2.45, 2.75) is 30.4 Å². The highest BCUT2D eigenvalue weighted by Gasteiger charge is 2.48. The van der Waals surface area contributed by atoms with E-state index in [1.165, 1.54) is 6.33 Å². The van der Waals surface area contributed by atoms with Gasteiger partial charge in [0.15, 0.2) is 5.03 Å². The van der Waals surface area contributed by atoms with E-state index in [1.807, 2.05) is 0 Å². The van der Waals surface area contributed by atoms with Gasteiger partial charge in [-0.3, -0.25) is 0 Å². The van der Waals surface area contributed by atoms with E-state index in [0.717, 1.165) is 19.4 Å². The van der Waals surface area contributed by atoms with E-state index in [-0.39, 0.29) is 16.5 Å². The molecule has 0 aliphatic carbocycles. The van der Waals surface area contributed by atoms with Crippen molar-refractivity contribution in [1.82, 2.24) is 13.9 Å². The molecule has 8 heteroatoms. The summed E-state index contributed by atoms with van der Waals surface area (Å²) in [5.41, 5.74) is -0.243. The van der Waals surface area contributed by atoms with Crippen LogP contribution >= 0.6 is 0 Å². The second kappa shape index (κ2) is 5.92. The first kappa shape index (κ1) is 15.9. The van der Waals surface area contributed by atoms with Crippen LogP contribution in [0.1, 0.15) is 19.3 Å². The average molecular weight is 329 g/mol. The fraction of sp³-hybridized carbons (Fsp3) is 0.786. The number of aryl methyl sites for hydroxylation is 1. The van der Waals surface area contributed by atoms with Crippen LogP contribution in [0.15, 0.2) is 17.6 Å². The highest BCUT2D eigenvalue weighted by atomic mass is 32.2. The minimum atomic E-state index is -3.56. The van der Waals surface area contributed by atoms with Crippen LogP contribution in [0.4, 0.5) is 0 Å². The molecule has 0 N–H and O–H groups in total. The molecule has 0 spiro atoms. The standard InChI is InChI=1S/C14H23N3O4S/c1-16-8-13(15-11-16)22(18,19)17-6-4-12-14(9-17,10-20-2)5-3-7-21-12/h8,11-12H,3-7,9-10H2,1-2H3/t12-,14-/m1/s1.